The van der Waals surface area contributed by atoms with Crippen LogP contribution in [0.4, 0.5) is 11.6 Å². The van der Waals surface area contributed by atoms with Gasteiger partial charge in [0, 0.05) is 16.8 Å². The van der Waals surface area contributed by atoms with E-state index in [1.807, 2.05) is 43.3 Å². The van der Waals surface area contributed by atoms with Crippen LogP contribution < -0.4 is 10.1 Å². The summed E-state index contributed by atoms with van der Waals surface area (Å²) < 4.78 is 5.20. The average molecular weight is 288 g/mol. The average Bonchev–Trinajstić information content (AvgIpc) is 2.84. The van der Waals surface area contributed by atoms with E-state index in [2.05, 4.69) is 15.3 Å². The fourth-order valence-corrected chi connectivity index (χ4v) is 2.20. The molecule has 4 nitrogen and oxygen atoms in total. The van der Waals surface area contributed by atoms with Crippen LogP contribution in [0.5, 0.6) is 5.75 Å². The number of benzene rings is 2. The summed E-state index contributed by atoms with van der Waals surface area (Å²) in [5.74, 6) is 1.48. The van der Waals surface area contributed by atoms with Crippen molar-refractivity contribution in [2.24, 2.45) is 0 Å². The van der Waals surface area contributed by atoms with Crippen LogP contribution in [-0.4, -0.2) is 17.1 Å². The summed E-state index contributed by atoms with van der Waals surface area (Å²) in [6, 6.07) is 11.4. The van der Waals surface area contributed by atoms with Crippen molar-refractivity contribution in [1.29, 1.82) is 0 Å². The Kier molecular flexibility index (Phi) is 3.24. The molecule has 0 spiro atoms. The summed E-state index contributed by atoms with van der Waals surface area (Å²) in [7, 11) is 1.64. The second-order valence-corrected chi connectivity index (χ2v) is 4.99. The second kappa shape index (κ2) is 5.06. The topological polar surface area (TPSA) is 49.9 Å². The number of hydrogen-bond acceptors (Lipinski definition) is 3. The number of anilines is 2. The monoisotopic (exact) mass is 287 g/mol. The lowest BCUT2D eigenvalue weighted by Gasteiger charge is -2.06. The van der Waals surface area contributed by atoms with E-state index in [0.717, 1.165) is 28.0 Å². The Labute approximate surface area is 121 Å². The van der Waals surface area contributed by atoms with Gasteiger partial charge in [-0.3, -0.25) is 0 Å². The molecule has 5 heteroatoms. The second-order valence-electron chi connectivity index (χ2n) is 4.55. The smallest absolute Gasteiger partial charge is 0.205 e. The minimum absolute atomic E-state index is 0.679. The first kappa shape index (κ1) is 12.8. The molecule has 3 aromatic rings. The molecule has 1 heterocycles. The maximum Gasteiger partial charge on any atom is 0.205 e. The molecule has 0 aliphatic heterocycles. The highest BCUT2D eigenvalue weighted by molar-refractivity contribution is 6.30. The van der Waals surface area contributed by atoms with Gasteiger partial charge in [-0.15, -0.1) is 0 Å². The Hall–Kier alpha value is -2.20. The van der Waals surface area contributed by atoms with Crippen molar-refractivity contribution in [2.45, 2.75) is 6.92 Å². The van der Waals surface area contributed by atoms with E-state index in [9.17, 15) is 0 Å². The molecule has 2 aromatic carbocycles. The Morgan fingerprint density at radius 1 is 1.20 bits per heavy atom. The predicted octanol–water partition coefficient (Wildman–Crippen LogP) is 4.28. The summed E-state index contributed by atoms with van der Waals surface area (Å²) >= 11 is 6.01. The number of nitrogens with zero attached hydrogens (tertiary/aromatic N) is 1. The van der Waals surface area contributed by atoms with E-state index in [-0.39, 0.29) is 0 Å². The van der Waals surface area contributed by atoms with Crippen LogP contribution in [0.3, 0.4) is 0 Å². The van der Waals surface area contributed by atoms with Crippen molar-refractivity contribution in [2.75, 3.05) is 12.4 Å². The number of imidazole rings is 1. The SMILES string of the molecule is COc1ccc2nc(Nc3cc(Cl)ccc3C)[nH]c2c1. The molecule has 0 fully saturated rings. The van der Waals surface area contributed by atoms with E-state index in [0.29, 0.717) is 11.0 Å². The number of ether oxygens (including phenoxy) is 1. The molecular formula is C15H14ClN3O. The molecule has 1 aromatic heterocycles. The zero-order chi connectivity index (χ0) is 14.1. The van der Waals surface area contributed by atoms with Gasteiger partial charge in [-0.25, -0.2) is 4.98 Å². The number of nitrogens with one attached hydrogen (secondary N) is 2. The minimum Gasteiger partial charge on any atom is -0.497 e. The van der Waals surface area contributed by atoms with Crippen LogP contribution in [0.25, 0.3) is 11.0 Å². The highest BCUT2D eigenvalue weighted by Gasteiger charge is 2.06. The fraction of sp³-hybridized carbons (Fsp3) is 0.133. The Bertz CT molecular complexity index is 767. The van der Waals surface area contributed by atoms with Crippen LogP contribution in [0, 0.1) is 6.92 Å². The molecular weight excluding hydrogens is 274 g/mol. The van der Waals surface area contributed by atoms with E-state index in [1.54, 1.807) is 7.11 Å². The first-order valence-corrected chi connectivity index (χ1v) is 6.60. The van der Waals surface area contributed by atoms with Crippen molar-refractivity contribution in [3.8, 4) is 5.75 Å². The van der Waals surface area contributed by atoms with E-state index in [4.69, 9.17) is 16.3 Å². The van der Waals surface area contributed by atoms with Crippen LogP contribution >= 0.6 is 11.6 Å². The number of H-pyrrole nitrogens is 1. The van der Waals surface area contributed by atoms with E-state index < -0.39 is 0 Å². The van der Waals surface area contributed by atoms with Gasteiger partial charge in [-0.05, 0) is 36.8 Å². The molecule has 0 unspecified atom stereocenters. The van der Waals surface area contributed by atoms with Gasteiger partial charge in [0.25, 0.3) is 0 Å². The number of aromatic amines is 1. The van der Waals surface area contributed by atoms with E-state index >= 15 is 0 Å². The minimum atomic E-state index is 0.679. The summed E-state index contributed by atoms with van der Waals surface area (Å²) in [4.78, 5) is 7.71. The lowest BCUT2D eigenvalue weighted by molar-refractivity contribution is 0.415. The Balaban J connectivity index is 1.96. The lowest BCUT2D eigenvalue weighted by Crippen LogP contribution is -1.94. The van der Waals surface area contributed by atoms with Crippen molar-refractivity contribution < 1.29 is 4.74 Å². The van der Waals surface area contributed by atoms with Crippen LogP contribution in [0.15, 0.2) is 36.4 Å². The number of aromatic nitrogens is 2. The van der Waals surface area contributed by atoms with Gasteiger partial charge in [0.2, 0.25) is 5.95 Å². The predicted molar refractivity (Wildman–Crippen MR) is 82.1 cm³/mol. The van der Waals surface area contributed by atoms with Gasteiger partial charge in [-0.1, -0.05) is 17.7 Å². The van der Waals surface area contributed by atoms with Gasteiger partial charge >= 0.3 is 0 Å². The van der Waals surface area contributed by atoms with Gasteiger partial charge in [-0.2, -0.15) is 0 Å². The molecule has 102 valence electrons. The summed E-state index contributed by atoms with van der Waals surface area (Å²) in [6.45, 7) is 2.02. The molecule has 3 rings (SSSR count). The third-order valence-electron chi connectivity index (χ3n) is 3.14. The molecule has 0 radical (unpaired) electrons. The summed E-state index contributed by atoms with van der Waals surface area (Å²) in [5, 5.41) is 3.94. The molecule has 0 aliphatic rings. The van der Waals surface area contributed by atoms with Crippen LogP contribution in [0.2, 0.25) is 5.02 Å². The largest absolute Gasteiger partial charge is 0.497 e. The molecule has 0 atom stereocenters. The van der Waals surface area contributed by atoms with Gasteiger partial charge < -0.3 is 15.0 Å². The standard InChI is InChI=1S/C15H14ClN3O/c1-9-3-4-10(16)7-13(9)18-15-17-12-6-5-11(20-2)8-14(12)19-15/h3-8H,1-2H3,(H2,17,18,19). The highest BCUT2D eigenvalue weighted by Crippen LogP contribution is 2.25. The Morgan fingerprint density at radius 3 is 2.85 bits per heavy atom. The number of aryl methyl sites for hydroxylation is 1. The molecule has 0 saturated heterocycles. The molecule has 0 saturated carbocycles. The molecule has 20 heavy (non-hydrogen) atoms. The zero-order valence-electron chi connectivity index (χ0n) is 11.2. The number of halogens is 1. The third-order valence-corrected chi connectivity index (χ3v) is 3.38. The quantitative estimate of drug-likeness (QED) is 0.756. The highest BCUT2D eigenvalue weighted by atomic mass is 35.5. The van der Waals surface area contributed by atoms with E-state index in [1.165, 1.54) is 0 Å². The molecule has 2 N–H and O–H groups in total. The van der Waals surface area contributed by atoms with Crippen molar-refractivity contribution in [1.82, 2.24) is 9.97 Å². The summed E-state index contributed by atoms with van der Waals surface area (Å²) in [5.41, 5.74) is 3.84. The third kappa shape index (κ3) is 2.42. The van der Waals surface area contributed by atoms with Crippen LogP contribution in [-0.2, 0) is 0 Å². The lowest BCUT2D eigenvalue weighted by atomic mass is 10.2. The van der Waals surface area contributed by atoms with Gasteiger partial charge in [0.15, 0.2) is 0 Å². The molecule has 0 aliphatic carbocycles. The number of methoxy groups -OCH3 is 1. The first-order valence-electron chi connectivity index (χ1n) is 6.22. The number of fused-ring (bicyclic) bond motifs is 1. The normalized spacial score (nSPS) is 10.8. The number of hydrogen-bond donors (Lipinski definition) is 2. The molecule has 0 amide bonds. The Morgan fingerprint density at radius 2 is 2.05 bits per heavy atom. The fourth-order valence-electron chi connectivity index (χ4n) is 2.03. The van der Waals surface area contributed by atoms with Crippen molar-refractivity contribution in [3.63, 3.8) is 0 Å². The maximum atomic E-state index is 6.01. The van der Waals surface area contributed by atoms with Gasteiger partial charge in [0.05, 0.1) is 18.1 Å². The summed E-state index contributed by atoms with van der Waals surface area (Å²) in [6.07, 6.45) is 0. The maximum absolute atomic E-state index is 6.01. The van der Waals surface area contributed by atoms with Crippen molar-refractivity contribution in [3.05, 3.63) is 47.0 Å². The molecule has 0 bridgehead atoms. The van der Waals surface area contributed by atoms with Crippen LogP contribution in [0.1, 0.15) is 5.56 Å². The zero-order valence-corrected chi connectivity index (χ0v) is 12.0. The van der Waals surface area contributed by atoms with Gasteiger partial charge in [0.1, 0.15) is 5.75 Å². The first-order chi connectivity index (χ1) is 9.65. The number of rotatable bonds is 3. The van der Waals surface area contributed by atoms with Crippen molar-refractivity contribution >= 4 is 34.3 Å².